The van der Waals surface area contributed by atoms with Gasteiger partial charge in [-0.3, -0.25) is 0 Å². The largest absolute Gasteiger partial charge is 0.103 e. The Balaban J connectivity index is 0.000000618. The summed E-state index contributed by atoms with van der Waals surface area (Å²) < 4.78 is 2.24. The molecule has 1 aliphatic rings. The molecule has 1 aliphatic carbocycles. The van der Waals surface area contributed by atoms with Crippen LogP contribution in [0.3, 0.4) is 0 Å². The first kappa shape index (κ1) is 38.0. The highest BCUT2D eigenvalue weighted by molar-refractivity contribution is 9.11. The molecule has 0 amide bonds. The normalized spacial score (nSPS) is 11.8. The Morgan fingerprint density at radius 2 is 0.982 bits per heavy atom. The van der Waals surface area contributed by atoms with Crippen molar-refractivity contribution in [3.8, 4) is 33.4 Å². The number of allylic oxidation sites excluding steroid dienone is 3. The zero-order chi connectivity index (χ0) is 38.3. The summed E-state index contributed by atoms with van der Waals surface area (Å²) in [6.07, 6.45) is 9.13. The number of rotatable bonds is 6. The van der Waals surface area contributed by atoms with Crippen LogP contribution in [-0.4, -0.2) is 0 Å². The van der Waals surface area contributed by atoms with Gasteiger partial charge in [0.15, 0.2) is 0 Å². The van der Waals surface area contributed by atoms with Crippen LogP contribution in [-0.2, 0) is 6.42 Å². The Morgan fingerprint density at radius 1 is 0.473 bits per heavy atom. The molecule has 0 bridgehead atoms. The van der Waals surface area contributed by atoms with Crippen LogP contribution in [0.4, 0.5) is 0 Å². The average molecular weight is 841 g/mol. The summed E-state index contributed by atoms with van der Waals surface area (Å²) in [4.78, 5) is 0. The van der Waals surface area contributed by atoms with E-state index in [-0.39, 0.29) is 0 Å². The molecule has 8 aromatic rings. The van der Waals surface area contributed by atoms with Gasteiger partial charge in [0.05, 0.1) is 0 Å². The quantitative estimate of drug-likeness (QED) is 0.116. The Labute approximate surface area is 342 Å². The highest BCUT2D eigenvalue weighted by Gasteiger charge is 2.16. The fraction of sp³-hybridized carbons (Fsp3) is 0.0943. The predicted octanol–water partition coefficient (Wildman–Crippen LogP) is 16.8. The van der Waals surface area contributed by atoms with Crippen LogP contribution in [0.15, 0.2) is 192 Å². The maximum Gasteiger partial charge on any atom is 0.0333 e. The minimum Gasteiger partial charge on any atom is -0.103 e. The average Bonchev–Trinajstić information content (AvgIpc) is 3.26. The number of hydrogen-bond donors (Lipinski definition) is 0. The van der Waals surface area contributed by atoms with E-state index in [4.69, 9.17) is 0 Å². The minimum absolute atomic E-state index is 0.917. The van der Waals surface area contributed by atoms with Gasteiger partial charge in [0.1, 0.15) is 0 Å². The summed E-state index contributed by atoms with van der Waals surface area (Å²) in [6, 6.07) is 55.6. The summed E-state index contributed by atoms with van der Waals surface area (Å²) in [6.45, 7) is 11.0. The molecule has 270 valence electrons. The molecule has 0 aliphatic heterocycles. The molecule has 0 N–H and O–H groups in total. The number of halogens is 2. The Hall–Kier alpha value is -5.28. The molecule has 0 atom stereocenters. The Bertz CT molecular complexity index is 2700. The highest BCUT2D eigenvalue weighted by atomic mass is 79.9. The smallest absolute Gasteiger partial charge is 0.0333 e. The molecule has 0 nitrogen and oxygen atoms in total. The second-order valence-electron chi connectivity index (χ2n) is 13.5. The summed E-state index contributed by atoms with van der Waals surface area (Å²) in [7, 11) is 0. The van der Waals surface area contributed by atoms with Crippen molar-refractivity contribution in [1.82, 2.24) is 0 Å². The van der Waals surface area contributed by atoms with Gasteiger partial charge in [-0.2, -0.15) is 0 Å². The summed E-state index contributed by atoms with van der Waals surface area (Å²) in [5.74, 6) is 0. The van der Waals surface area contributed by atoms with E-state index in [1.807, 2.05) is 26.0 Å². The Kier molecular flexibility index (Phi) is 12.1. The van der Waals surface area contributed by atoms with E-state index < -0.39 is 0 Å². The van der Waals surface area contributed by atoms with Crippen LogP contribution in [0.25, 0.3) is 71.3 Å². The van der Waals surface area contributed by atoms with Crippen molar-refractivity contribution in [2.75, 3.05) is 0 Å². The fourth-order valence-corrected chi connectivity index (χ4v) is 8.92. The SMILES string of the molecule is Brc1c2ccc(-c3cccc(-c4cccc5ccccc45)c3)cc2c(Br)c2ccc(-c3cccc(C4=CCCc5ccccc54)c3)cc12.C=CCC=C.CC. The predicted molar refractivity (Wildman–Crippen MR) is 249 cm³/mol. The molecule has 0 spiro atoms. The molecule has 0 fully saturated rings. The second kappa shape index (κ2) is 17.5. The van der Waals surface area contributed by atoms with Gasteiger partial charge in [0, 0.05) is 8.95 Å². The van der Waals surface area contributed by atoms with Crippen LogP contribution in [0, 0.1) is 0 Å². The van der Waals surface area contributed by atoms with E-state index in [0.29, 0.717) is 0 Å². The number of aryl methyl sites for hydroxylation is 1. The van der Waals surface area contributed by atoms with Gasteiger partial charge in [-0.1, -0.05) is 159 Å². The fourth-order valence-electron chi connectivity index (χ4n) is 7.57. The standard InChI is InChI=1S/C46H30Br2.C5H8.C2H6/c47-45-42-24-22-34(32-14-6-16-36(26-32)40-20-8-12-30-10-2-4-18-38(30)40)28-44(42)46(48)41-23-21-33(27-43(41)45)31-13-5-15-35(25-31)39-19-7-11-29-9-1-3-17-37(29)39;1-3-5-4-2;1-2/h1-7,9-11,13-28H,8,12H2;3-4H,1-2,5H2;1-2H3. The third-order valence-corrected chi connectivity index (χ3v) is 11.9. The molecule has 0 radical (unpaired) electrons. The molecule has 0 saturated heterocycles. The monoisotopic (exact) mass is 838 g/mol. The van der Waals surface area contributed by atoms with E-state index in [0.717, 1.165) is 28.2 Å². The molecular weight excluding hydrogens is 796 g/mol. The lowest BCUT2D eigenvalue weighted by molar-refractivity contribution is 0.978. The molecule has 2 heteroatoms. The van der Waals surface area contributed by atoms with Gasteiger partial charge in [-0.25, -0.2) is 0 Å². The van der Waals surface area contributed by atoms with Crippen LogP contribution in [0.1, 0.15) is 43.4 Å². The lowest BCUT2D eigenvalue weighted by atomic mass is 9.86. The zero-order valence-corrected chi connectivity index (χ0v) is 34.6. The zero-order valence-electron chi connectivity index (χ0n) is 31.5. The van der Waals surface area contributed by atoms with Crippen molar-refractivity contribution in [1.29, 1.82) is 0 Å². The molecule has 0 saturated carbocycles. The molecular formula is C53H44Br2. The molecule has 0 unspecified atom stereocenters. The third-order valence-electron chi connectivity index (χ3n) is 10.2. The van der Waals surface area contributed by atoms with E-state index in [1.54, 1.807) is 0 Å². The van der Waals surface area contributed by atoms with Gasteiger partial charge in [-0.15, -0.1) is 13.2 Å². The van der Waals surface area contributed by atoms with Crippen LogP contribution >= 0.6 is 31.9 Å². The van der Waals surface area contributed by atoms with Crippen LogP contribution in [0.2, 0.25) is 0 Å². The number of hydrogen-bond acceptors (Lipinski definition) is 0. The van der Waals surface area contributed by atoms with Crippen LogP contribution < -0.4 is 0 Å². The molecule has 8 aromatic carbocycles. The lowest BCUT2D eigenvalue weighted by Crippen LogP contribution is -2.00. The van der Waals surface area contributed by atoms with E-state index in [2.05, 4.69) is 203 Å². The van der Waals surface area contributed by atoms with E-state index >= 15 is 0 Å². The molecule has 55 heavy (non-hydrogen) atoms. The third kappa shape index (κ3) is 7.81. The topological polar surface area (TPSA) is 0 Å². The van der Waals surface area contributed by atoms with Gasteiger partial charge < -0.3 is 0 Å². The minimum atomic E-state index is 0.917. The molecule has 9 rings (SSSR count). The van der Waals surface area contributed by atoms with Gasteiger partial charge in [-0.05, 0) is 163 Å². The second-order valence-corrected chi connectivity index (χ2v) is 15.0. The van der Waals surface area contributed by atoms with Crippen molar-refractivity contribution >= 4 is 69.8 Å². The number of fused-ring (bicyclic) bond motifs is 4. The van der Waals surface area contributed by atoms with Crippen molar-refractivity contribution in [3.63, 3.8) is 0 Å². The number of benzene rings is 8. The maximum atomic E-state index is 4.03. The van der Waals surface area contributed by atoms with Crippen LogP contribution in [0.5, 0.6) is 0 Å². The van der Waals surface area contributed by atoms with Gasteiger partial charge >= 0.3 is 0 Å². The first-order valence-electron chi connectivity index (χ1n) is 19.1. The van der Waals surface area contributed by atoms with E-state index in [1.165, 1.54) is 88.0 Å². The van der Waals surface area contributed by atoms with Gasteiger partial charge in [0.25, 0.3) is 0 Å². The maximum absolute atomic E-state index is 4.03. The molecule has 0 aromatic heterocycles. The van der Waals surface area contributed by atoms with E-state index in [9.17, 15) is 0 Å². The van der Waals surface area contributed by atoms with Crippen molar-refractivity contribution < 1.29 is 0 Å². The Morgan fingerprint density at radius 3 is 1.64 bits per heavy atom. The summed E-state index contributed by atoms with van der Waals surface area (Å²) >= 11 is 8.07. The van der Waals surface area contributed by atoms with Crippen molar-refractivity contribution in [3.05, 3.63) is 209 Å². The highest BCUT2D eigenvalue weighted by Crippen LogP contribution is 2.43. The first-order chi connectivity index (χ1) is 27.0. The van der Waals surface area contributed by atoms with Crippen molar-refractivity contribution in [2.24, 2.45) is 0 Å². The summed E-state index contributed by atoms with van der Waals surface area (Å²) in [5.41, 5.74) is 12.7. The van der Waals surface area contributed by atoms with Crippen molar-refractivity contribution in [2.45, 2.75) is 33.1 Å². The van der Waals surface area contributed by atoms with Gasteiger partial charge in [0.2, 0.25) is 0 Å². The first-order valence-corrected chi connectivity index (χ1v) is 20.7. The molecule has 0 heterocycles. The lowest BCUT2D eigenvalue weighted by Gasteiger charge is -2.19. The summed E-state index contributed by atoms with van der Waals surface area (Å²) in [5, 5.41) is 7.31.